The predicted molar refractivity (Wildman–Crippen MR) is 98.6 cm³/mol. The van der Waals surface area contributed by atoms with E-state index in [1.165, 1.54) is 0 Å². The number of hydrogen-bond donors (Lipinski definition) is 1. The smallest absolute Gasteiger partial charge is 0.155 e. The average Bonchev–Trinajstić information content (AvgIpc) is 3.04. The maximum absolute atomic E-state index is 6.11. The fraction of sp³-hybridized carbons (Fsp3) is 0.389. The van der Waals surface area contributed by atoms with Crippen LogP contribution >= 0.6 is 11.8 Å². The van der Waals surface area contributed by atoms with Gasteiger partial charge >= 0.3 is 0 Å². The molecule has 0 aromatic carbocycles. The third-order valence-electron chi connectivity index (χ3n) is 4.54. The van der Waals surface area contributed by atoms with Crippen LogP contribution in [0.5, 0.6) is 0 Å². The van der Waals surface area contributed by atoms with Gasteiger partial charge in [0, 0.05) is 23.5 Å². The Balaban J connectivity index is 1.67. The topological polar surface area (TPSA) is 78.3 Å². The first-order valence-electron chi connectivity index (χ1n) is 8.07. The van der Waals surface area contributed by atoms with E-state index < -0.39 is 5.54 Å². The van der Waals surface area contributed by atoms with Crippen LogP contribution in [0, 0.1) is 11.8 Å². The first-order chi connectivity index (χ1) is 12.0. The van der Waals surface area contributed by atoms with Crippen molar-refractivity contribution in [1.82, 2.24) is 14.8 Å². The summed E-state index contributed by atoms with van der Waals surface area (Å²) < 4.78 is 7.28. The average molecular weight is 353 g/mol. The monoisotopic (exact) mass is 353 g/mol. The summed E-state index contributed by atoms with van der Waals surface area (Å²) in [6.07, 6.45) is 8.26. The predicted octanol–water partition coefficient (Wildman–Crippen LogP) is 2.07. The minimum Gasteiger partial charge on any atom is -0.378 e. The van der Waals surface area contributed by atoms with E-state index in [2.05, 4.69) is 28.8 Å². The van der Waals surface area contributed by atoms with Crippen LogP contribution in [-0.4, -0.2) is 37.9 Å². The zero-order valence-corrected chi connectivity index (χ0v) is 15.0. The van der Waals surface area contributed by atoms with E-state index in [-0.39, 0.29) is 4.75 Å². The van der Waals surface area contributed by atoms with E-state index in [1.54, 1.807) is 24.2 Å². The van der Waals surface area contributed by atoms with Gasteiger partial charge in [-0.3, -0.25) is 9.98 Å². The Morgan fingerprint density at radius 2 is 2.16 bits per heavy atom. The number of rotatable bonds is 2. The van der Waals surface area contributed by atoms with Crippen LogP contribution in [0.25, 0.3) is 5.69 Å². The lowest BCUT2D eigenvalue weighted by Gasteiger charge is -2.47. The molecule has 2 N–H and O–H groups in total. The summed E-state index contributed by atoms with van der Waals surface area (Å²) in [5, 5.41) is 5.12. The second-order valence-electron chi connectivity index (χ2n) is 6.66. The molecule has 25 heavy (non-hydrogen) atoms. The van der Waals surface area contributed by atoms with E-state index >= 15 is 0 Å². The van der Waals surface area contributed by atoms with Crippen LogP contribution in [0.3, 0.4) is 0 Å². The normalized spacial score (nSPS) is 24.2. The highest BCUT2D eigenvalue weighted by atomic mass is 32.2. The van der Waals surface area contributed by atoms with Crippen molar-refractivity contribution < 1.29 is 4.74 Å². The van der Waals surface area contributed by atoms with Gasteiger partial charge in [-0.2, -0.15) is 5.10 Å². The van der Waals surface area contributed by atoms with E-state index in [0.717, 1.165) is 36.4 Å². The Bertz CT molecular complexity index is 905. The molecule has 0 aliphatic carbocycles. The quantitative estimate of drug-likeness (QED) is 0.836. The largest absolute Gasteiger partial charge is 0.378 e. The molecule has 4 heterocycles. The zero-order valence-electron chi connectivity index (χ0n) is 14.2. The molecule has 4 rings (SSSR count). The number of hydrogen-bond acceptors (Lipinski definition) is 6. The van der Waals surface area contributed by atoms with Gasteiger partial charge < -0.3 is 10.5 Å². The van der Waals surface area contributed by atoms with Crippen LogP contribution in [0.15, 0.2) is 35.8 Å². The molecule has 128 valence electrons. The number of aromatic nitrogens is 3. The highest BCUT2D eigenvalue weighted by Gasteiger charge is 2.50. The molecule has 1 unspecified atom stereocenters. The van der Waals surface area contributed by atoms with Gasteiger partial charge in [0.2, 0.25) is 0 Å². The van der Waals surface area contributed by atoms with Crippen LogP contribution < -0.4 is 5.73 Å². The molecule has 2 aromatic heterocycles. The summed E-state index contributed by atoms with van der Waals surface area (Å²) in [7, 11) is 0. The molecule has 1 fully saturated rings. The molecule has 6 nitrogen and oxygen atoms in total. The lowest BCUT2D eigenvalue weighted by atomic mass is 9.83. The lowest BCUT2D eigenvalue weighted by Crippen LogP contribution is -2.54. The molecule has 0 bridgehead atoms. The number of nitrogens with two attached hydrogens (primary N) is 1. The molecule has 1 atom stereocenters. The molecular formula is C18H19N5OS. The van der Waals surface area contributed by atoms with Gasteiger partial charge in [0.05, 0.1) is 41.6 Å². The summed E-state index contributed by atoms with van der Waals surface area (Å²) in [6, 6.07) is 1.97. The van der Waals surface area contributed by atoms with Crippen molar-refractivity contribution in [3.05, 3.63) is 42.0 Å². The standard InChI is InChI=1S/C18H19N5OS/c1-3-4-13-5-15(8-20-6-13)23-9-14(7-21-23)17(2)10-18(11-24-12-18)25-16(19)22-17/h5-9H,10-12H2,1-2H3,(H2,19,22). The van der Waals surface area contributed by atoms with E-state index in [9.17, 15) is 0 Å². The molecule has 1 saturated heterocycles. The summed E-state index contributed by atoms with van der Waals surface area (Å²) in [4.78, 5) is 8.97. The van der Waals surface area contributed by atoms with Crippen LogP contribution in [-0.2, 0) is 10.3 Å². The minimum absolute atomic E-state index is 0.0425. The molecule has 2 aliphatic heterocycles. The molecule has 0 amide bonds. The van der Waals surface area contributed by atoms with Crippen molar-refractivity contribution in [3.8, 4) is 17.5 Å². The number of aliphatic imine (C=N–C) groups is 1. The van der Waals surface area contributed by atoms with Crippen molar-refractivity contribution in [2.24, 2.45) is 10.7 Å². The Kier molecular flexibility index (Phi) is 3.82. The molecule has 7 heteroatoms. The molecule has 2 aliphatic rings. The van der Waals surface area contributed by atoms with Gasteiger partial charge in [-0.15, -0.1) is 5.92 Å². The Morgan fingerprint density at radius 1 is 1.32 bits per heavy atom. The third kappa shape index (κ3) is 2.92. The van der Waals surface area contributed by atoms with Crippen molar-refractivity contribution >= 4 is 16.9 Å². The maximum atomic E-state index is 6.11. The Labute approximate surface area is 150 Å². The Morgan fingerprint density at radius 3 is 2.88 bits per heavy atom. The van der Waals surface area contributed by atoms with Gasteiger partial charge in [-0.05, 0) is 26.3 Å². The van der Waals surface area contributed by atoms with Gasteiger partial charge in [0.15, 0.2) is 5.17 Å². The van der Waals surface area contributed by atoms with E-state index in [4.69, 9.17) is 15.5 Å². The second kappa shape index (κ2) is 5.90. The van der Waals surface area contributed by atoms with E-state index in [1.807, 2.05) is 30.1 Å². The SMILES string of the molecule is CC#Cc1cncc(-n2cc(C3(C)CC4(COC4)SC(N)=N3)cn2)c1. The minimum atomic E-state index is -0.397. The first kappa shape index (κ1) is 16.2. The highest BCUT2D eigenvalue weighted by molar-refractivity contribution is 8.15. The molecule has 1 spiro atoms. The van der Waals surface area contributed by atoms with Gasteiger partial charge in [0.1, 0.15) is 0 Å². The molecular weight excluding hydrogens is 334 g/mol. The summed E-state index contributed by atoms with van der Waals surface area (Å²) in [5.41, 5.74) is 8.49. The van der Waals surface area contributed by atoms with Crippen LogP contribution in [0.2, 0.25) is 0 Å². The van der Waals surface area contributed by atoms with Crippen molar-refractivity contribution in [2.75, 3.05) is 13.2 Å². The molecule has 0 radical (unpaired) electrons. The number of nitrogens with zero attached hydrogens (tertiary/aromatic N) is 4. The maximum Gasteiger partial charge on any atom is 0.155 e. The number of thioether (sulfide) groups is 1. The summed E-state index contributed by atoms with van der Waals surface area (Å²) >= 11 is 1.63. The fourth-order valence-electron chi connectivity index (χ4n) is 3.36. The van der Waals surface area contributed by atoms with Crippen LogP contribution in [0.1, 0.15) is 31.4 Å². The highest BCUT2D eigenvalue weighted by Crippen LogP contribution is 2.48. The molecule has 0 saturated carbocycles. The fourth-order valence-corrected chi connectivity index (χ4v) is 4.68. The van der Waals surface area contributed by atoms with Gasteiger partial charge in [-0.1, -0.05) is 17.7 Å². The van der Waals surface area contributed by atoms with Crippen LogP contribution in [0.4, 0.5) is 0 Å². The van der Waals surface area contributed by atoms with E-state index in [0.29, 0.717) is 5.17 Å². The van der Waals surface area contributed by atoms with Crippen molar-refractivity contribution in [1.29, 1.82) is 0 Å². The van der Waals surface area contributed by atoms with Gasteiger partial charge in [-0.25, -0.2) is 4.68 Å². The molecule has 2 aromatic rings. The number of ether oxygens (including phenoxy) is 1. The third-order valence-corrected chi connectivity index (χ3v) is 5.65. The van der Waals surface area contributed by atoms with Crippen molar-refractivity contribution in [3.63, 3.8) is 0 Å². The van der Waals surface area contributed by atoms with Gasteiger partial charge in [0.25, 0.3) is 0 Å². The lowest BCUT2D eigenvalue weighted by molar-refractivity contribution is -0.0209. The zero-order chi connectivity index (χ0) is 17.5. The summed E-state index contributed by atoms with van der Waals surface area (Å²) in [6.45, 7) is 5.36. The number of amidine groups is 1. The summed E-state index contributed by atoms with van der Waals surface area (Å²) in [5.74, 6) is 5.91. The second-order valence-corrected chi connectivity index (χ2v) is 8.15. The van der Waals surface area contributed by atoms with Crippen molar-refractivity contribution in [2.45, 2.75) is 30.6 Å². The number of pyridine rings is 1. The Hall–Kier alpha value is -2.30. The first-order valence-corrected chi connectivity index (χ1v) is 8.89.